The Bertz CT molecular complexity index is 375. The van der Waals surface area contributed by atoms with Gasteiger partial charge in [0.05, 0.1) is 13.2 Å². The summed E-state index contributed by atoms with van der Waals surface area (Å²) < 4.78 is 4.77. The maximum Gasteiger partial charge on any atom is 0.409 e. The summed E-state index contributed by atoms with van der Waals surface area (Å²) in [6, 6.07) is 7.81. The van der Waals surface area contributed by atoms with Crippen molar-refractivity contribution in [2.75, 3.05) is 19.4 Å². The Balaban J connectivity index is 2.19. The summed E-state index contributed by atoms with van der Waals surface area (Å²) in [5.41, 5.74) is 7.51. The number of likely N-dealkylation sites (tertiary alicyclic amines) is 1. The molecule has 4 nitrogen and oxygen atoms in total. The van der Waals surface area contributed by atoms with E-state index >= 15 is 0 Å². The Morgan fingerprint density at radius 1 is 1.44 bits per heavy atom. The molecule has 2 rings (SSSR count). The molecule has 0 aliphatic carbocycles. The van der Waals surface area contributed by atoms with Gasteiger partial charge >= 0.3 is 6.09 Å². The first kappa shape index (κ1) is 10.8. The Labute approximate surface area is 95.0 Å². The van der Waals surface area contributed by atoms with Gasteiger partial charge in [-0.25, -0.2) is 4.79 Å². The number of nitrogen functional groups attached to an aromatic ring is 1. The molecular weight excluding hydrogens is 204 g/mol. The molecule has 1 aliphatic heterocycles. The van der Waals surface area contributed by atoms with Crippen molar-refractivity contribution in [1.29, 1.82) is 0 Å². The number of amides is 1. The Kier molecular flexibility index (Phi) is 2.99. The molecular formula is C12H16N2O2. The third-order valence-corrected chi connectivity index (χ3v) is 2.98. The molecule has 1 amide bonds. The van der Waals surface area contributed by atoms with Crippen molar-refractivity contribution in [1.82, 2.24) is 4.90 Å². The van der Waals surface area contributed by atoms with Crippen LogP contribution in [0.15, 0.2) is 24.3 Å². The van der Waals surface area contributed by atoms with Gasteiger partial charge in [0, 0.05) is 12.2 Å². The molecule has 1 atom stereocenters. The third kappa shape index (κ3) is 1.96. The van der Waals surface area contributed by atoms with Crippen LogP contribution in [0.2, 0.25) is 0 Å². The Morgan fingerprint density at radius 2 is 2.12 bits per heavy atom. The van der Waals surface area contributed by atoms with E-state index in [0.29, 0.717) is 0 Å². The van der Waals surface area contributed by atoms with E-state index in [0.717, 1.165) is 30.6 Å². The van der Waals surface area contributed by atoms with E-state index in [-0.39, 0.29) is 12.1 Å². The van der Waals surface area contributed by atoms with E-state index in [1.54, 1.807) is 4.90 Å². The largest absolute Gasteiger partial charge is 0.453 e. The zero-order chi connectivity index (χ0) is 11.5. The van der Waals surface area contributed by atoms with Gasteiger partial charge < -0.3 is 15.4 Å². The molecule has 1 aromatic rings. The molecule has 0 saturated carbocycles. The molecule has 1 saturated heterocycles. The van der Waals surface area contributed by atoms with E-state index in [1.807, 2.05) is 24.3 Å². The molecule has 0 aromatic heterocycles. The molecule has 86 valence electrons. The predicted molar refractivity (Wildman–Crippen MR) is 61.9 cm³/mol. The van der Waals surface area contributed by atoms with Gasteiger partial charge in [0.15, 0.2) is 0 Å². The van der Waals surface area contributed by atoms with Gasteiger partial charge in [-0.05, 0) is 30.5 Å². The van der Waals surface area contributed by atoms with Crippen LogP contribution in [0.1, 0.15) is 24.4 Å². The average Bonchev–Trinajstić information content (AvgIpc) is 2.78. The molecule has 1 aromatic carbocycles. The number of benzene rings is 1. The van der Waals surface area contributed by atoms with Crippen LogP contribution in [0.4, 0.5) is 10.5 Å². The topological polar surface area (TPSA) is 55.6 Å². The van der Waals surface area contributed by atoms with Crippen LogP contribution in [0.3, 0.4) is 0 Å². The lowest BCUT2D eigenvalue weighted by molar-refractivity contribution is 0.119. The highest BCUT2D eigenvalue weighted by Gasteiger charge is 2.30. The zero-order valence-electron chi connectivity index (χ0n) is 9.35. The quantitative estimate of drug-likeness (QED) is 0.738. The molecule has 1 aliphatic rings. The molecule has 0 bridgehead atoms. The van der Waals surface area contributed by atoms with Crippen LogP contribution >= 0.6 is 0 Å². The third-order valence-electron chi connectivity index (χ3n) is 2.98. The van der Waals surface area contributed by atoms with Gasteiger partial charge in [-0.1, -0.05) is 12.1 Å². The summed E-state index contributed by atoms with van der Waals surface area (Å²) in [4.78, 5) is 13.3. The number of hydrogen-bond donors (Lipinski definition) is 1. The molecule has 0 radical (unpaired) electrons. The monoisotopic (exact) mass is 220 g/mol. The molecule has 0 spiro atoms. The van der Waals surface area contributed by atoms with Crippen molar-refractivity contribution in [2.45, 2.75) is 18.9 Å². The second-order valence-corrected chi connectivity index (χ2v) is 3.99. The predicted octanol–water partition coefficient (Wildman–Crippen LogP) is 2.17. The molecule has 1 heterocycles. The first-order valence-electron chi connectivity index (χ1n) is 5.42. The van der Waals surface area contributed by atoms with Crippen molar-refractivity contribution >= 4 is 11.8 Å². The standard InChI is InChI=1S/C12H16N2O2/c1-16-12(15)14-8-2-3-11(14)9-4-6-10(13)7-5-9/h4-7,11H,2-3,8,13H2,1H3. The molecule has 2 N–H and O–H groups in total. The summed E-state index contributed by atoms with van der Waals surface area (Å²) in [6.45, 7) is 0.766. The van der Waals surface area contributed by atoms with Gasteiger partial charge in [0.2, 0.25) is 0 Å². The summed E-state index contributed by atoms with van der Waals surface area (Å²) in [6.07, 6.45) is 1.75. The maximum atomic E-state index is 11.5. The van der Waals surface area contributed by atoms with Gasteiger partial charge in [-0.3, -0.25) is 0 Å². The number of hydrogen-bond acceptors (Lipinski definition) is 3. The second-order valence-electron chi connectivity index (χ2n) is 3.99. The zero-order valence-corrected chi connectivity index (χ0v) is 9.35. The SMILES string of the molecule is COC(=O)N1CCCC1c1ccc(N)cc1. The lowest BCUT2D eigenvalue weighted by atomic mass is 10.0. The Morgan fingerprint density at radius 3 is 2.75 bits per heavy atom. The summed E-state index contributed by atoms with van der Waals surface area (Å²) in [7, 11) is 1.42. The first-order chi connectivity index (χ1) is 7.72. The van der Waals surface area contributed by atoms with Crippen molar-refractivity contribution in [3.05, 3.63) is 29.8 Å². The normalized spacial score (nSPS) is 19.8. The second kappa shape index (κ2) is 4.43. The van der Waals surface area contributed by atoms with E-state index < -0.39 is 0 Å². The number of carbonyl (C=O) groups excluding carboxylic acids is 1. The number of methoxy groups -OCH3 is 1. The van der Waals surface area contributed by atoms with Crippen LogP contribution in [0.5, 0.6) is 0 Å². The minimum Gasteiger partial charge on any atom is -0.453 e. The number of carbonyl (C=O) groups is 1. The fourth-order valence-electron chi connectivity index (χ4n) is 2.17. The van der Waals surface area contributed by atoms with E-state index in [1.165, 1.54) is 7.11 Å². The maximum absolute atomic E-state index is 11.5. The average molecular weight is 220 g/mol. The van der Waals surface area contributed by atoms with Crippen molar-refractivity contribution in [2.24, 2.45) is 0 Å². The van der Waals surface area contributed by atoms with Crippen LogP contribution in [-0.4, -0.2) is 24.6 Å². The van der Waals surface area contributed by atoms with Crippen LogP contribution < -0.4 is 5.73 Å². The molecule has 16 heavy (non-hydrogen) atoms. The van der Waals surface area contributed by atoms with Gasteiger partial charge in [0.1, 0.15) is 0 Å². The van der Waals surface area contributed by atoms with E-state index in [9.17, 15) is 4.79 Å². The highest BCUT2D eigenvalue weighted by atomic mass is 16.5. The minimum atomic E-state index is -0.251. The van der Waals surface area contributed by atoms with Crippen molar-refractivity contribution < 1.29 is 9.53 Å². The fourth-order valence-corrected chi connectivity index (χ4v) is 2.17. The van der Waals surface area contributed by atoms with Crippen LogP contribution in [0.25, 0.3) is 0 Å². The summed E-state index contributed by atoms with van der Waals surface area (Å²) >= 11 is 0. The lowest BCUT2D eigenvalue weighted by Crippen LogP contribution is -2.30. The van der Waals surface area contributed by atoms with Crippen LogP contribution in [-0.2, 0) is 4.74 Å². The molecule has 1 unspecified atom stereocenters. The summed E-state index contributed by atoms with van der Waals surface area (Å²) in [5.74, 6) is 0. The van der Waals surface area contributed by atoms with Gasteiger partial charge in [-0.15, -0.1) is 0 Å². The minimum absolute atomic E-state index is 0.132. The number of rotatable bonds is 1. The lowest BCUT2D eigenvalue weighted by Gasteiger charge is -2.23. The highest BCUT2D eigenvalue weighted by Crippen LogP contribution is 2.32. The number of nitrogens with zero attached hydrogens (tertiary/aromatic N) is 1. The van der Waals surface area contributed by atoms with Crippen molar-refractivity contribution in [3.63, 3.8) is 0 Å². The number of anilines is 1. The highest BCUT2D eigenvalue weighted by molar-refractivity contribution is 5.68. The smallest absolute Gasteiger partial charge is 0.409 e. The van der Waals surface area contributed by atoms with Gasteiger partial charge in [0.25, 0.3) is 0 Å². The molecule has 4 heteroatoms. The van der Waals surface area contributed by atoms with E-state index in [2.05, 4.69) is 0 Å². The first-order valence-corrected chi connectivity index (χ1v) is 5.42. The number of ether oxygens (including phenoxy) is 1. The molecule has 1 fully saturated rings. The number of nitrogens with two attached hydrogens (primary N) is 1. The summed E-state index contributed by atoms with van der Waals surface area (Å²) in [5, 5.41) is 0. The fraction of sp³-hybridized carbons (Fsp3) is 0.417. The van der Waals surface area contributed by atoms with Crippen molar-refractivity contribution in [3.8, 4) is 0 Å². The van der Waals surface area contributed by atoms with Gasteiger partial charge in [-0.2, -0.15) is 0 Å². The Hall–Kier alpha value is -1.71. The van der Waals surface area contributed by atoms with E-state index in [4.69, 9.17) is 10.5 Å². The van der Waals surface area contributed by atoms with Crippen LogP contribution in [0, 0.1) is 0 Å².